The summed E-state index contributed by atoms with van der Waals surface area (Å²) in [6.45, 7) is 6.91. The van der Waals surface area contributed by atoms with Gasteiger partial charge in [0, 0.05) is 12.2 Å². The summed E-state index contributed by atoms with van der Waals surface area (Å²) in [6, 6.07) is 2.71. The molecule has 166 valence electrons. The molecule has 0 aliphatic carbocycles. The Morgan fingerprint density at radius 1 is 1.39 bits per heavy atom. The van der Waals surface area contributed by atoms with Crippen molar-refractivity contribution in [2.45, 2.75) is 58.3 Å². The minimum atomic E-state index is -2.68. The molecule has 2 aliphatic rings. The monoisotopic (exact) mass is 433 g/mol. The number of morpholine rings is 1. The second kappa shape index (κ2) is 7.99. The molecule has 0 unspecified atom stereocenters. The fourth-order valence-corrected chi connectivity index (χ4v) is 4.02. The predicted octanol–water partition coefficient (Wildman–Crippen LogP) is 2.33. The van der Waals surface area contributed by atoms with E-state index in [4.69, 9.17) is 4.74 Å². The van der Waals surface area contributed by atoms with Gasteiger partial charge in [-0.2, -0.15) is 5.10 Å². The van der Waals surface area contributed by atoms with E-state index in [0.29, 0.717) is 24.3 Å². The van der Waals surface area contributed by atoms with Crippen molar-refractivity contribution >= 4 is 17.5 Å². The molecule has 0 bridgehead atoms. The fraction of sp³-hybridized carbons (Fsp3) is 0.524. The summed E-state index contributed by atoms with van der Waals surface area (Å²) < 4.78 is 33.3. The first-order chi connectivity index (χ1) is 14.6. The van der Waals surface area contributed by atoms with Crippen molar-refractivity contribution in [2.24, 2.45) is 0 Å². The van der Waals surface area contributed by atoms with Gasteiger partial charge < -0.3 is 14.5 Å². The average Bonchev–Trinajstić information content (AvgIpc) is 3.11. The van der Waals surface area contributed by atoms with Crippen molar-refractivity contribution < 1.29 is 23.1 Å². The molecule has 2 aromatic heterocycles. The smallest absolute Gasteiger partial charge is 0.280 e. The Balaban J connectivity index is 1.55. The number of halogens is 2. The molecule has 2 aromatic rings. The molecule has 0 radical (unpaired) electrons. The van der Waals surface area contributed by atoms with Crippen LogP contribution in [0.1, 0.15) is 44.1 Å². The van der Waals surface area contributed by atoms with Crippen LogP contribution in [0.3, 0.4) is 0 Å². The van der Waals surface area contributed by atoms with Crippen molar-refractivity contribution in [3.63, 3.8) is 0 Å². The molecule has 4 heterocycles. The number of nitrogens with zero attached hydrogens (tertiary/aromatic N) is 5. The molecule has 0 spiro atoms. The summed E-state index contributed by atoms with van der Waals surface area (Å²) >= 11 is 0. The van der Waals surface area contributed by atoms with Crippen LogP contribution in [-0.4, -0.2) is 56.3 Å². The van der Waals surface area contributed by atoms with Gasteiger partial charge in [0.2, 0.25) is 5.91 Å². The molecule has 0 aromatic carbocycles. The van der Waals surface area contributed by atoms with E-state index in [1.165, 1.54) is 12.3 Å². The molecule has 1 saturated heterocycles. The second-order valence-electron chi connectivity index (χ2n) is 8.62. The van der Waals surface area contributed by atoms with Crippen molar-refractivity contribution in [1.82, 2.24) is 19.7 Å². The number of hydrogen-bond donors (Lipinski definition) is 0. The van der Waals surface area contributed by atoms with Crippen LogP contribution in [-0.2, 0) is 33.8 Å². The van der Waals surface area contributed by atoms with E-state index in [9.17, 15) is 18.4 Å². The van der Waals surface area contributed by atoms with Crippen molar-refractivity contribution in [3.8, 4) is 0 Å². The first-order valence-electron chi connectivity index (χ1n) is 10.2. The largest absolute Gasteiger partial charge is 0.364 e. The van der Waals surface area contributed by atoms with E-state index >= 15 is 0 Å². The normalized spacial score (nSPS) is 20.8. The number of anilines is 1. The molecule has 1 atom stereocenters. The van der Waals surface area contributed by atoms with E-state index in [2.05, 4.69) is 10.1 Å². The summed E-state index contributed by atoms with van der Waals surface area (Å²) in [6.07, 6.45) is 0.270. The van der Waals surface area contributed by atoms with Crippen LogP contribution in [0.5, 0.6) is 0 Å². The Hall–Kier alpha value is -2.88. The quantitative estimate of drug-likeness (QED) is 0.739. The number of pyridine rings is 1. The van der Waals surface area contributed by atoms with E-state index in [1.807, 2.05) is 25.5 Å². The minimum absolute atomic E-state index is 0.000430. The summed E-state index contributed by atoms with van der Waals surface area (Å²) in [4.78, 5) is 32.5. The van der Waals surface area contributed by atoms with Crippen molar-refractivity contribution in [1.29, 1.82) is 0 Å². The first kappa shape index (κ1) is 21.4. The SMILES string of the molecule is C[C@H]1Cn2ncc(N3CC(C)(C)OCC3=O)c2CN1C(=O)Cc1ccnc(C(F)F)c1. The predicted molar refractivity (Wildman–Crippen MR) is 108 cm³/mol. The third kappa shape index (κ3) is 4.30. The molecule has 0 N–H and O–H groups in total. The average molecular weight is 433 g/mol. The van der Waals surface area contributed by atoms with Gasteiger partial charge in [0.1, 0.15) is 12.3 Å². The molecule has 10 heteroatoms. The first-order valence-corrected chi connectivity index (χ1v) is 10.2. The van der Waals surface area contributed by atoms with Gasteiger partial charge in [-0.25, -0.2) is 8.78 Å². The van der Waals surface area contributed by atoms with E-state index in [1.54, 1.807) is 22.1 Å². The summed E-state index contributed by atoms with van der Waals surface area (Å²) in [5.74, 6) is -0.325. The Morgan fingerprint density at radius 2 is 2.16 bits per heavy atom. The lowest BCUT2D eigenvalue weighted by molar-refractivity contribution is -0.135. The van der Waals surface area contributed by atoms with Crippen LogP contribution >= 0.6 is 0 Å². The number of rotatable bonds is 4. The lowest BCUT2D eigenvalue weighted by Crippen LogP contribution is -2.52. The molecule has 2 amide bonds. The summed E-state index contributed by atoms with van der Waals surface area (Å²) in [5.41, 5.74) is 1.12. The second-order valence-corrected chi connectivity index (χ2v) is 8.62. The number of hydrogen-bond acceptors (Lipinski definition) is 5. The molecule has 4 rings (SSSR count). The van der Waals surface area contributed by atoms with Crippen LogP contribution in [0.2, 0.25) is 0 Å². The maximum atomic E-state index is 13.0. The van der Waals surface area contributed by atoms with Crippen LogP contribution in [0, 0.1) is 0 Å². The van der Waals surface area contributed by atoms with Crippen molar-refractivity contribution in [2.75, 3.05) is 18.1 Å². The molecule has 2 aliphatic heterocycles. The van der Waals surface area contributed by atoms with Gasteiger partial charge >= 0.3 is 0 Å². The van der Waals surface area contributed by atoms with Crippen LogP contribution in [0.15, 0.2) is 24.5 Å². The molecule has 1 fully saturated rings. The molecular weight excluding hydrogens is 408 g/mol. The molecule has 31 heavy (non-hydrogen) atoms. The Bertz CT molecular complexity index is 1010. The fourth-order valence-electron chi connectivity index (χ4n) is 4.02. The maximum absolute atomic E-state index is 13.0. The van der Waals surface area contributed by atoms with E-state index < -0.39 is 12.0 Å². The van der Waals surface area contributed by atoms with Crippen LogP contribution in [0.4, 0.5) is 14.5 Å². The standard InChI is InChI=1S/C21H25F2N5O3/c1-13-9-28-17(16(8-25-28)27-12-21(2,3)31-11-19(27)30)10-26(13)18(29)7-14-4-5-24-15(6-14)20(22)23/h4-6,8,13,20H,7,9-12H2,1-3H3/t13-/m0/s1. The zero-order valence-corrected chi connectivity index (χ0v) is 17.7. The summed E-state index contributed by atoms with van der Waals surface area (Å²) in [5, 5.41) is 4.43. The number of ether oxygens (including phenoxy) is 1. The van der Waals surface area contributed by atoms with Crippen molar-refractivity contribution in [3.05, 3.63) is 41.5 Å². The van der Waals surface area contributed by atoms with Gasteiger partial charge in [0.05, 0.1) is 49.2 Å². The Labute approximate surface area is 178 Å². The van der Waals surface area contributed by atoms with Gasteiger partial charge in [0.25, 0.3) is 12.3 Å². The number of aromatic nitrogens is 3. The van der Waals surface area contributed by atoms with Crippen LogP contribution < -0.4 is 4.90 Å². The highest BCUT2D eigenvalue weighted by Gasteiger charge is 2.37. The van der Waals surface area contributed by atoms with Gasteiger partial charge in [-0.1, -0.05) is 0 Å². The Kier molecular flexibility index (Phi) is 5.50. The highest BCUT2D eigenvalue weighted by Crippen LogP contribution is 2.31. The van der Waals surface area contributed by atoms with Crippen LogP contribution in [0.25, 0.3) is 0 Å². The van der Waals surface area contributed by atoms with Gasteiger partial charge in [-0.15, -0.1) is 0 Å². The number of carbonyl (C=O) groups is 2. The van der Waals surface area contributed by atoms with Gasteiger partial charge in [0.15, 0.2) is 0 Å². The topological polar surface area (TPSA) is 80.6 Å². The number of alkyl halides is 2. The zero-order chi connectivity index (χ0) is 22.3. The summed E-state index contributed by atoms with van der Waals surface area (Å²) in [7, 11) is 0. The lowest BCUT2D eigenvalue weighted by Gasteiger charge is -2.39. The van der Waals surface area contributed by atoms with Gasteiger partial charge in [-0.3, -0.25) is 19.3 Å². The molecular formula is C21H25F2N5O3. The number of fused-ring (bicyclic) bond motifs is 1. The third-order valence-electron chi connectivity index (χ3n) is 5.68. The maximum Gasteiger partial charge on any atom is 0.280 e. The van der Waals surface area contributed by atoms with E-state index in [-0.39, 0.29) is 43.1 Å². The number of carbonyl (C=O) groups excluding carboxylic acids is 2. The number of amides is 2. The highest BCUT2D eigenvalue weighted by atomic mass is 19.3. The lowest BCUT2D eigenvalue weighted by atomic mass is 10.1. The minimum Gasteiger partial charge on any atom is -0.364 e. The molecule has 0 saturated carbocycles. The highest BCUT2D eigenvalue weighted by molar-refractivity contribution is 5.95. The van der Waals surface area contributed by atoms with Gasteiger partial charge in [-0.05, 0) is 38.5 Å². The Morgan fingerprint density at radius 3 is 2.90 bits per heavy atom. The zero-order valence-electron chi connectivity index (χ0n) is 17.7. The van der Waals surface area contributed by atoms with E-state index in [0.717, 1.165) is 5.69 Å². The molecule has 8 nitrogen and oxygen atoms in total. The third-order valence-corrected chi connectivity index (χ3v) is 5.68.